The summed E-state index contributed by atoms with van der Waals surface area (Å²) in [6.45, 7) is 9.05. The lowest BCUT2D eigenvalue weighted by Crippen LogP contribution is -2.41. The molecule has 0 saturated heterocycles. The third-order valence-corrected chi connectivity index (χ3v) is 4.46. The molecule has 5 heteroatoms. The molecule has 1 aromatic carbocycles. The number of hydrogen-bond acceptors (Lipinski definition) is 3. The van der Waals surface area contributed by atoms with Gasteiger partial charge in [0.05, 0.1) is 15.6 Å². The number of benzene rings is 1. The molecule has 1 atom stereocenters. The minimum absolute atomic E-state index is 0.476. The smallest absolute Gasteiger partial charge is 0.147 e. The predicted molar refractivity (Wildman–Crippen MR) is 97.0 cm³/mol. The Balaban J connectivity index is 2.74. The first-order valence-electron chi connectivity index (χ1n) is 7.34. The topological polar surface area (TPSA) is 24.5 Å². The van der Waals surface area contributed by atoms with E-state index in [0.29, 0.717) is 18.6 Å². The molecule has 0 radical (unpaired) electrons. The van der Waals surface area contributed by atoms with E-state index in [1.807, 2.05) is 6.92 Å². The van der Waals surface area contributed by atoms with Crippen LogP contribution in [0.2, 0.25) is 0 Å². The number of ether oxygens (including phenoxy) is 1. The zero-order valence-corrected chi connectivity index (χ0v) is 16.7. The Labute approximate surface area is 145 Å². The molecule has 0 spiro atoms. The summed E-state index contributed by atoms with van der Waals surface area (Å²) in [5, 5.41) is 3.65. The lowest BCUT2D eigenvalue weighted by Gasteiger charge is -2.26. The van der Waals surface area contributed by atoms with Crippen LogP contribution in [0.3, 0.4) is 0 Å². The molecule has 0 aliphatic heterocycles. The van der Waals surface area contributed by atoms with Crippen molar-refractivity contribution in [2.24, 2.45) is 5.92 Å². The highest BCUT2D eigenvalue weighted by Crippen LogP contribution is 2.34. The quantitative estimate of drug-likeness (QED) is 0.677. The number of nitrogens with one attached hydrogen (secondary N) is 1. The van der Waals surface area contributed by atoms with Crippen LogP contribution >= 0.6 is 31.9 Å². The van der Waals surface area contributed by atoms with Crippen LogP contribution in [0.1, 0.15) is 26.3 Å². The summed E-state index contributed by atoms with van der Waals surface area (Å²) in [5.41, 5.74) is 1.24. The molecule has 3 nitrogen and oxygen atoms in total. The summed E-state index contributed by atoms with van der Waals surface area (Å²) in [6.07, 6.45) is 0. The molecule has 1 aromatic rings. The third kappa shape index (κ3) is 6.27. The molecular weight excluding hydrogens is 396 g/mol. The van der Waals surface area contributed by atoms with Crippen molar-refractivity contribution < 1.29 is 4.74 Å². The van der Waals surface area contributed by atoms with Crippen LogP contribution in [0.25, 0.3) is 0 Å². The van der Waals surface area contributed by atoms with E-state index >= 15 is 0 Å². The second-order valence-electron chi connectivity index (χ2n) is 5.82. The zero-order chi connectivity index (χ0) is 16.0. The highest BCUT2D eigenvalue weighted by atomic mass is 79.9. The number of hydrogen-bond donors (Lipinski definition) is 1. The first kappa shape index (κ1) is 18.9. The maximum absolute atomic E-state index is 5.62. The SMILES string of the molecule is CCOc1c(Br)cc(CNC(CN(C)C)C(C)C)cc1Br. The molecule has 0 fully saturated rings. The van der Waals surface area contributed by atoms with Crippen LogP contribution in [0.4, 0.5) is 0 Å². The minimum atomic E-state index is 0.476. The second kappa shape index (κ2) is 9.13. The molecule has 0 heterocycles. The van der Waals surface area contributed by atoms with Crippen molar-refractivity contribution in [1.82, 2.24) is 10.2 Å². The van der Waals surface area contributed by atoms with Crippen LogP contribution in [-0.4, -0.2) is 38.2 Å². The average Bonchev–Trinajstić information content (AvgIpc) is 2.38. The Kier molecular flexibility index (Phi) is 8.24. The summed E-state index contributed by atoms with van der Waals surface area (Å²) in [7, 11) is 4.22. The molecule has 120 valence electrons. The van der Waals surface area contributed by atoms with Gasteiger partial charge in [0.2, 0.25) is 0 Å². The normalized spacial score (nSPS) is 13.0. The van der Waals surface area contributed by atoms with Gasteiger partial charge in [-0.25, -0.2) is 0 Å². The number of halogens is 2. The van der Waals surface area contributed by atoms with Crippen molar-refractivity contribution >= 4 is 31.9 Å². The summed E-state index contributed by atoms with van der Waals surface area (Å²) < 4.78 is 7.60. The van der Waals surface area contributed by atoms with E-state index in [2.05, 4.69) is 82.2 Å². The van der Waals surface area contributed by atoms with E-state index < -0.39 is 0 Å². The monoisotopic (exact) mass is 420 g/mol. The number of rotatable bonds is 8. The maximum Gasteiger partial charge on any atom is 0.147 e. The Hall–Kier alpha value is -0.100. The van der Waals surface area contributed by atoms with Gasteiger partial charge in [-0.3, -0.25) is 0 Å². The fraction of sp³-hybridized carbons (Fsp3) is 0.625. The van der Waals surface area contributed by atoms with Crippen molar-refractivity contribution in [2.75, 3.05) is 27.2 Å². The van der Waals surface area contributed by atoms with Gasteiger partial charge in [-0.2, -0.15) is 0 Å². The molecule has 0 aromatic heterocycles. The summed E-state index contributed by atoms with van der Waals surface area (Å²) in [4.78, 5) is 2.22. The van der Waals surface area contributed by atoms with Crippen molar-refractivity contribution in [3.63, 3.8) is 0 Å². The fourth-order valence-corrected chi connectivity index (χ4v) is 3.66. The Morgan fingerprint density at radius 3 is 2.19 bits per heavy atom. The minimum Gasteiger partial charge on any atom is -0.492 e. The Morgan fingerprint density at radius 2 is 1.76 bits per heavy atom. The van der Waals surface area contributed by atoms with Gasteiger partial charge in [-0.15, -0.1) is 0 Å². The van der Waals surface area contributed by atoms with E-state index in [1.165, 1.54) is 5.56 Å². The molecule has 0 amide bonds. The van der Waals surface area contributed by atoms with Crippen LogP contribution < -0.4 is 10.1 Å². The van der Waals surface area contributed by atoms with E-state index in [4.69, 9.17) is 4.74 Å². The van der Waals surface area contributed by atoms with E-state index in [9.17, 15) is 0 Å². The lowest BCUT2D eigenvalue weighted by atomic mass is 10.0. The second-order valence-corrected chi connectivity index (χ2v) is 7.52. The lowest BCUT2D eigenvalue weighted by molar-refractivity contribution is 0.288. The first-order valence-corrected chi connectivity index (χ1v) is 8.92. The van der Waals surface area contributed by atoms with Crippen molar-refractivity contribution in [3.8, 4) is 5.75 Å². The van der Waals surface area contributed by atoms with Crippen LogP contribution in [-0.2, 0) is 6.54 Å². The summed E-state index contributed by atoms with van der Waals surface area (Å²) >= 11 is 7.17. The molecule has 0 aliphatic carbocycles. The van der Waals surface area contributed by atoms with E-state index in [0.717, 1.165) is 27.8 Å². The Morgan fingerprint density at radius 1 is 1.19 bits per heavy atom. The molecule has 21 heavy (non-hydrogen) atoms. The van der Waals surface area contributed by atoms with Crippen molar-refractivity contribution in [2.45, 2.75) is 33.4 Å². The molecule has 0 saturated carbocycles. The van der Waals surface area contributed by atoms with Crippen LogP contribution in [0, 0.1) is 5.92 Å². The molecule has 0 aliphatic rings. The summed E-state index contributed by atoms with van der Waals surface area (Å²) in [6, 6.07) is 4.72. The van der Waals surface area contributed by atoms with Crippen LogP contribution in [0.15, 0.2) is 21.1 Å². The van der Waals surface area contributed by atoms with Gasteiger partial charge in [-0.05, 0) is 76.5 Å². The highest BCUT2D eigenvalue weighted by molar-refractivity contribution is 9.11. The van der Waals surface area contributed by atoms with E-state index in [-0.39, 0.29) is 0 Å². The first-order chi connectivity index (χ1) is 9.85. The zero-order valence-electron chi connectivity index (χ0n) is 13.5. The van der Waals surface area contributed by atoms with Gasteiger partial charge in [-0.1, -0.05) is 13.8 Å². The van der Waals surface area contributed by atoms with Gasteiger partial charge >= 0.3 is 0 Å². The average molecular weight is 422 g/mol. The highest BCUT2D eigenvalue weighted by Gasteiger charge is 2.15. The van der Waals surface area contributed by atoms with Crippen molar-refractivity contribution in [1.29, 1.82) is 0 Å². The molecule has 1 N–H and O–H groups in total. The van der Waals surface area contributed by atoms with E-state index in [1.54, 1.807) is 0 Å². The molecular formula is C16H26Br2N2O. The van der Waals surface area contributed by atoms with Gasteiger partial charge in [0.25, 0.3) is 0 Å². The van der Waals surface area contributed by atoms with Gasteiger partial charge in [0.15, 0.2) is 0 Å². The van der Waals surface area contributed by atoms with Gasteiger partial charge in [0, 0.05) is 19.1 Å². The van der Waals surface area contributed by atoms with Gasteiger partial charge < -0.3 is 15.0 Å². The van der Waals surface area contributed by atoms with Gasteiger partial charge in [0.1, 0.15) is 5.75 Å². The standard InChI is InChI=1S/C16H26Br2N2O/c1-6-21-16-13(17)7-12(8-14(16)18)9-19-15(11(2)3)10-20(4)5/h7-8,11,15,19H,6,9-10H2,1-5H3. The summed E-state index contributed by atoms with van der Waals surface area (Å²) in [5.74, 6) is 1.47. The maximum atomic E-state index is 5.62. The predicted octanol–water partition coefficient (Wildman–Crippen LogP) is 4.29. The van der Waals surface area contributed by atoms with Crippen LogP contribution in [0.5, 0.6) is 5.75 Å². The number of nitrogens with zero attached hydrogens (tertiary/aromatic N) is 1. The third-order valence-electron chi connectivity index (χ3n) is 3.28. The molecule has 0 bridgehead atoms. The largest absolute Gasteiger partial charge is 0.492 e. The molecule has 1 unspecified atom stereocenters. The Bertz CT molecular complexity index is 427. The number of likely N-dealkylation sites (N-methyl/N-ethyl adjacent to an activating group) is 1. The van der Waals surface area contributed by atoms with Crippen molar-refractivity contribution in [3.05, 3.63) is 26.6 Å². The molecule has 1 rings (SSSR count). The fourth-order valence-electron chi connectivity index (χ4n) is 2.15.